The Labute approximate surface area is 126 Å². The van der Waals surface area contributed by atoms with E-state index in [1.165, 1.54) is 32.1 Å². The quantitative estimate of drug-likeness (QED) is 0.921. The zero-order valence-electron chi connectivity index (χ0n) is 12.8. The molecule has 1 aromatic rings. The molecule has 2 atom stereocenters. The lowest BCUT2D eigenvalue weighted by molar-refractivity contribution is 0.127. The zero-order valence-corrected chi connectivity index (χ0v) is 12.8. The number of benzene rings is 1. The molecule has 1 aliphatic heterocycles. The highest BCUT2D eigenvalue weighted by atomic mass is 16.7. The van der Waals surface area contributed by atoms with Crippen molar-refractivity contribution in [3.05, 3.63) is 18.2 Å². The minimum atomic E-state index is 0.241. The molecule has 1 aliphatic carbocycles. The fraction of sp³-hybridized carbons (Fsp3) is 0.647. The van der Waals surface area contributed by atoms with Crippen molar-refractivity contribution in [1.82, 2.24) is 5.32 Å². The Kier molecular flexibility index (Phi) is 4.86. The maximum absolute atomic E-state index is 6.28. The molecule has 1 saturated carbocycles. The van der Waals surface area contributed by atoms with Gasteiger partial charge in [0.2, 0.25) is 6.79 Å². The zero-order chi connectivity index (χ0) is 14.5. The second kappa shape index (κ2) is 7.03. The second-order valence-corrected chi connectivity index (χ2v) is 5.83. The van der Waals surface area contributed by atoms with Gasteiger partial charge in [-0.1, -0.05) is 26.2 Å². The lowest BCUT2D eigenvalue weighted by Crippen LogP contribution is -2.43. The van der Waals surface area contributed by atoms with Crippen LogP contribution in [-0.2, 0) is 0 Å². The van der Waals surface area contributed by atoms with Crippen LogP contribution in [0.15, 0.2) is 18.2 Å². The fourth-order valence-electron chi connectivity index (χ4n) is 3.21. The molecule has 0 aromatic heterocycles. The van der Waals surface area contributed by atoms with Crippen molar-refractivity contribution in [2.45, 2.75) is 57.6 Å². The molecule has 0 spiro atoms. The van der Waals surface area contributed by atoms with Crippen molar-refractivity contribution < 1.29 is 14.2 Å². The number of fused-ring (bicyclic) bond motifs is 1. The molecule has 1 fully saturated rings. The van der Waals surface area contributed by atoms with Gasteiger partial charge >= 0.3 is 0 Å². The average molecular weight is 291 g/mol. The number of hydrogen-bond donors (Lipinski definition) is 1. The largest absolute Gasteiger partial charge is 0.489 e. The first-order chi connectivity index (χ1) is 10.4. The highest BCUT2D eigenvalue weighted by Gasteiger charge is 2.24. The lowest BCUT2D eigenvalue weighted by Gasteiger charge is -2.30. The fourth-order valence-corrected chi connectivity index (χ4v) is 3.21. The molecule has 4 heteroatoms. The number of rotatable bonds is 4. The van der Waals surface area contributed by atoms with Crippen molar-refractivity contribution in [1.29, 1.82) is 0 Å². The molecule has 0 radical (unpaired) electrons. The summed E-state index contributed by atoms with van der Waals surface area (Å²) in [6.07, 6.45) is 7.76. The molecule has 3 rings (SSSR count). The van der Waals surface area contributed by atoms with Crippen molar-refractivity contribution in [3.8, 4) is 17.2 Å². The Bertz CT molecular complexity index is 463. The molecule has 21 heavy (non-hydrogen) atoms. The maximum atomic E-state index is 6.28. The Morgan fingerprint density at radius 1 is 1.10 bits per heavy atom. The topological polar surface area (TPSA) is 39.7 Å². The molecule has 1 heterocycles. The molecular weight excluding hydrogens is 266 g/mol. The second-order valence-electron chi connectivity index (χ2n) is 5.83. The maximum Gasteiger partial charge on any atom is 0.231 e. The van der Waals surface area contributed by atoms with Crippen LogP contribution in [0, 0.1) is 0 Å². The van der Waals surface area contributed by atoms with Crippen molar-refractivity contribution in [2.24, 2.45) is 0 Å². The molecule has 4 nitrogen and oxygen atoms in total. The van der Waals surface area contributed by atoms with Gasteiger partial charge in [0.05, 0.1) is 0 Å². The first-order valence-corrected chi connectivity index (χ1v) is 8.16. The molecule has 1 aromatic carbocycles. The van der Waals surface area contributed by atoms with E-state index in [-0.39, 0.29) is 6.10 Å². The smallest absolute Gasteiger partial charge is 0.231 e. The summed E-state index contributed by atoms with van der Waals surface area (Å²) >= 11 is 0. The van der Waals surface area contributed by atoms with Crippen LogP contribution in [0.4, 0.5) is 0 Å². The normalized spacial score (nSPS) is 25.2. The van der Waals surface area contributed by atoms with Gasteiger partial charge in [0.25, 0.3) is 0 Å². The first-order valence-electron chi connectivity index (χ1n) is 8.16. The molecule has 2 unspecified atom stereocenters. The van der Waals surface area contributed by atoms with E-state index in [0.29, 0.717) is 12.8 Å². The van der Waals surface area contributed by atoms with Gasteiger partial charge in [-0.15, -0.1) is 0 Å². The highest BCUT2D eigenvalue weighted by molar-refractivity contribution is 5.46. The Balaban J connectivity index is 1.70. The lowest BCUT2D eigenvalue weighted by atomic mass is 9.94. The molecule has 0 saturated heterocycles. The van der Waals surface area contributed by atoms with Crippen LogP contribution in [0.3, 0.4) is 0 Å². The van der Waals surface area contributed by atoms with Crippen molar-refractivity contribution in [2.75, 3.05) is 13.3 Å². The minimum absolute atomic E-state index is 0.241. The van der Waals surface area contributed by atoms with Gasteiger partial charge in [-0.2, -0.15) is 0 Å². The van der Waals surface area contributed by atoms with Crippen LogP contribution in [-0.4, -0.2) is 25.5 Å². The Morgan fingerprint density at radius 2 is 1.90 bits per heavy atom. The van der Waals surface area contributed by atoms with E-state index < -0.39 is 0 Å². The van der Waals surface area contributed by atoms with Crippen LogP contribution in [0.5, 0.6) is 17.2 Å². The van der Waals surface area contributed by atoms with Gasteiger partial charge in [0.15, 0.2) is 11.5 Å². The summed E-state index contributed by atoms with van der Waals surface area (Å²) in [6.45, 7) is 3.46. The standard InChI is InChI=1S/C17H25NO3/c1-2-18-14-7-5-3-4-6-8-15(14)21-13-9-10-16-17(11-13)20-12-19-16/h9-11,14-15,18H,2-8,12H2,1H3. The predicted molar refractivity (Wildman–Crippen MR) is 82.1 cm³/mol. The van der Waals surface area contributed by atoms with E-state index in [9.17, 15) is 0 Å². The molecular formula is C17H25NO3. The van der Waals surface area contributed by atoms with Crippen LogP contribution < -0.4 is 19.5 Å². The van der Waals surface area contributed by atoms with E-state index in [0.717, 1.165) is 30.2 Å². The number of nitrogens with one attached hydrogen (secondary N) is 1. The monoisotopic (exact) mass is 291 g/mol. The molecule has 1 N–H and O–H groups in total. The first kappa shape index (κ1) is 14.5. The highest BCUT2D eigenvalue weighted by Crippen LogP contribution is 2.36. The van der Waals surface area contributed by atoms with Gasteiger partial charge in [-0.3, -0.25) is 0 Å². The van der Waals surface area contributed by atoms with E-state index in [1.54, 1.807) is 0 Å². The number of hydrogen-bond acceptors (Lipinski definition) is 4. The summed E-state index contributed by atoms with van der Waals surface area (Å²) in [6, 6.07) is 6.31. The van der Waals surface area contributed by atoms with Crippen molar-refractivity contribution in [3.63, 3.8) is 0 Å². The van der Waals surface area contributed by atoms with Crippen molar-refractivity contribution >= 4 is 0 Å². The molecule has 2 aliphatic rings. The Hall–Kier alpha value is -1.42. The Morgan fingerprint density at radius 3 is 2.76 bits per heavy atom. The summed E-state index contributed by atoms with van der Waals surface area (Å²) in [5, 5.41) is 3.59. The van der Waals surface area contributed by atoms with Gasteiger partial charge in [0.1, 0.15) is 11.9 Å². The summed E-state index contributed by atoms with van der Waals surface area (Å²) in [5.41, 5.74) is 0. The van der Waals surface area contributed by atoms with Gasteiger partial charge in [-0.05, 0) is 37.9 Å². The van der Waals surface area contributed by atoms with Crippen LogP contribution in [0.25, 0.3) is 0 Å². The minimum Gasteiger partial charge on any atom is -0.489 e. The number of ether oxygens (including phenoxy) is 3. The third-order valence-corrected chi connectivity index (χ3v) is 4.30. The van der Waals surface area contributed by atoms with Gasteiger partial charge < -0.3 is 19.5 Å². The molecule has 0 amide bonds. The third-order valence-electron chi connectivity index (χ3n) is 4.30. The van der Waals surface area contributed by atoms with E-state index in [4.69, 9.17) is 14.2 Å². The predicted octanol–water partition coefficient (Wildman–Crippen LogP) is 3.50. The van der Waals surface area contributed by atoms with Crippen LogP contribution in [0.2, 0.25) is 0 Å². The summed E-state index contributed by atoms with van der Waals surface area (Å²) in [7, 11) is 0. The van der Waals surface area contributed by atoms with Crippen LogP contribution in [0.1, 0.15) is 45.4 Å². The molecule has 0 bridgehead atoms. The number of likely N-dealkylation sites (N-methyl/N-ethyl adjacent to an activating group) is 1. The molecule has 116 valence electrons. The van der Waals surface area contributed by atoms with E-state index in [1.807, 2.05) is 18.2 Å². The van der Waals surface area contributed by atoms with E-state index >= 15 is 0 Å². The third kappa shape index (κ3) is 3.62. The summed E-state index contributed by atoms with van der Waals surface area (Å²) < 4.78 is 17.1. The summed E-state index contributed by atoms with van der Waals surface area (Å²) in [4.78, 5) is 0. The van der Waals surface area contributed by atoms with Gasteiger partial charge in [-0.25, -0.2) is 0 Å². The van der Waals surface area contributed by atoms with E-state index in [2.05, 4.69) is 12.2 Å². The SMILES string of the molecule is CCNC1CCCCCCC1Oc1ccc2c(c1)OCO2. The van der Waals surface area contributed by atoms with Crippen LogP contribution >= 0.6 is 0 Å². The average Bonchev–Trinajstić information content (AvgIpc) is 2.93. The van der Waals surface area contributed by atoms with Gasteiger partial charge in [0, 0.05) is 12.1 Å². The summed E-state index contributed by atoms with van der Waals surface area (Å²) in [5.74, 6) is 2.48.